The van der Waals surface area contributed by atoms with Gasteiger partial charge in [-0.3, -0.25) is 19.2 Å². The molecule has 11 heteroatoms. The number of carboxylic acid groups (broad SMARTS) is 1. The summed E-state index contributed by atoms with van der Waals surface area (Å²) in [5, 5.41) is 18.6. The second kappa shape index (κ2) is 18.2. The van der Waals surface area contributed by atoms with Crippen molar-refractivity contribution in [2.45, 2.75) is 135 Å². The first-order valence-electron chi connectivity index (χ1n) is 17.2. The number of urea groups is 1. The molecular weight excluding hydrogens is 562 g/mol. The van der Waals surface area contributed by atoms with Crippen LogP contribution in [0.1, 0.15) is 117 Å². The molecule has 11 nitrogen and oxygen atoms in total. The molecule has 0 aromatic carbocycles. The molecule has 0 bridgehead atoms. The standard InChI is InChI=1S/C33H57N5O6/c1-23(2)17-19-37(30(40)22-38(20-18-31(41)42)32(43)25-10-5-4-6-11-25)21-29(39)34-26-13-15-27(16-14-26)35-33(44)36-28-12-8-7-9-24(28)3/h23-28H,4-22H2,1-3H3,(H,34,39)(H,41,42)(H2,35,36,44). The minimum Gasteiger partial charge on any atom is -0.481 e. The van der Waals surface area contributed by atoms with Crippen LogP contribution >= 0.6 is 0 Å². The van der Waals surface area contributed by atoms with Gasteiger partial charge >= 0.3 is 12.0 Å². The summed E-state index contributed by atoms with van der Waals surface area (Å²) in [5.74, 6) is -1.09. The smallest absolute Gasteiger partial charge is 0.315 e. The van der Waals surface area contributed by atoms with Crippen molar-refractivity contribution in [3.8, 4) is 0 Å². The highest BCUT2D eigenvalue weighted by atomic mass is 16.4. The summed E-state index contributed by atoms with van der Waals surface area (Å²) in [6.07, 6.45) is 12.6. The van der Waals surface area contributed by atoms with Crippen LogP contribution in [0.25, 0.3) is 0 Å². The van der Waals surface area contributed by atoms with Crippen molar-refractivity contribution in [1.29, 1.82) is 0 Å². The zero-order valence-electron chi connectivity index (χ0n) is 27.3. The lowest BCUT2D eigenvalue weighted by Crippen LogP contribution is -2.52. The molecule has 44 heavy (non-hydrogen) atoms. The molecule has 3 aliphatic rings. The second-order valence-electron chi connectivity index (χ2n) is 13.8. The maximum Gasteiger partial charge on any atom is 0.315 e. The van der Waals surface area contributed by atoms with Crippen LogP contribution in [-0.4, -0.2) is 88.9 Å². The summed E-state index contributed by atoms with van der Waals surface area (Å²) in [6.45, 7) is 6.36. The van der Waals surface area contributed by atoms with E-state index in [1.165, 1.54) is 16.2 Å². The number of hydrogen-bond acceptors (Lipinski definition) is 5. The molecule has 2 atom stereocenters. The third-order valence-electron chi connectivity index (χ3n) is 9.71. The highest BCUT2D eigenvalue weighted by Gasteiger charge is 2.31. The van der Waals surface area contributed by atoms with Crippen LogP contribution < -0.4 is 16.0 Å². The van der Waals surface area contributed by atoms with E-state index < -0.39 is 5.97 Å². The fourth-order valence-electron chi connectivity index (χ4n) is 6.83. The van der Waals surface area contributed by atoms with E-state index >= 15 is 0 Å². The minimum atomic E-state index is -1.01. The van der Waals surface area contributed by atoms with Gasteiger partial charge in [0, 0.05) is 37.1 Å². The van der Waals surface area contributed by atoms with E-state index in [-0.39, 0.29) is 73.9 Å². The van der Waals surface area contributed by atoms with Gasteiger partial charge in [-0.2, -0.15) is 0 Å². The first-order chi connectivity index (χ1) is 21.0. The fraction of sp³-hybridized carbons (Fsp3) is 0.848. The number of carbonyl (C=O) groups is 5. The van der Waals surface area contributed by atoms with Gasteiger partial charge in [0.2, 0.25) is 17.7 Å². The van der Waals surface area contributed by atoms with Crippen LogP contribution in [0.4, 0.5) is 4.79 Å². The van der Waals surface area contributed by atoms with Gasteiger partial charge in [-0.15, -0.1) is 0 Å². The number of carboxylic acids is 1. The molecule has 5 amide bonds. The zero-order valence-corrected chi connectivity index (χ0v) is 27.3. The topological polar surface area (TPSA) is 148 Å². The summed E-state index contributed by atoms with van der Waals surface area (Å²) in [6, 6.07) is 0.180. The lowest BCUT2D eigenvalue weighted by atomic mass is 9.86. The van der Waals surface area contributed by atoms with Crippen molar-refractivity contribution in [2.24, 2.45) is 17.8 Å². The Labute approximate surface area is 263 Å². The molecule has 0 saturated heterocycles. The summed E-state index contributed by atoms with van der Waals surface area (Å²) < 4.78 is 0. The van der Waals surface area contributed by atoms with E-state index in [0.717, 1.165) is 77.0 Å². The van der Waals surface area contributed by atoms with Crippen LogP contribution in [0, 0.1) is 17.8 Å². The second-order valence-corrected chi connectivity index (χ2v) is 13.8. The Balaban J connectivity index is 1.50. The number of hydrogen-bond donors (Lipinski definition) is 4. The molecule has 0 aromatic rings. The van der Waals surface area contributed by atoms with Crippen LogP contribution in [-0.2, 0) is 19.2 Å². The molecule has 3 saturated carbocycles. The van der Waals surface area contributed by atoms with Gasteiger partial charge in [-0.1, -0.05) is 52.9 Å². The van der Waals surface area contributed by atoms with Crippen molar-refractivity contribution in [1.82, 2.24) is 25.8 Å². The highest BCUT2D eigenvalue weighted by molar-refractivity contribution is 5.89. The largest absolute Gasteiger partial charge is 0.481 e. The summed E-state index contributed by atoms with van der Waals surface area (Å²) >= 11 is 0. The van der Waals surface area contributed by atoms with Crippen LogP contribution in [0.2, 0.25) is 0 Å². The molecule has 3 rings (SSSR count). The number of nitrogens with one attached hydrogen (secondary N) is 3. The van der Waals surface area contributed by atoms with Crippen molar-refractivity contribution in [3.05, 3.63) is 0 Å². The molecule has 3 aliphatic carbocycles. The van der Waals surface area contributed by atoms with Crippen LogP contribution in [0.5, 0.6) is 0 Å². The molecule has 0 aromatic heterocycles. The monoisotopic (exact) mass is 619 g/mol. The van der Waals surface area contributed by atoms with Gasteiger partial charge in [0.25, 0.3) is 0 Å². The quantitative estimate of drug-likeness (QED) is 0.231. The van der Waals surface area contributed by atoms with E-state index in [0.29, 0.717) is 24.8 Å². The Morgan fingerprint density at radius 3 is 1.95 bits per heavy atom. The van der Waals surface area contributed by atoms with Gasteiger partial charge in [0.1, 0.15) is 0 Å². The Morgan fingerprint density at radius 1 is 0.727 bits per heavy atom. The molecule has 0 radical (unpaired) electrons. The lowest BCUT2D eigenvalue weighted by Gasteiger charge is -2.33. The molecule has 3 fully saturated rings. The summed E-state index contributed by atoms with van der Waals surface area (Å²) in [4.78, 5) is 66.7. The zero-order chi connectivity index (χ0) is 32.1. The number of carbonyl (C=O) groups excluding carboxylic acids is 4. The maximum atomic E-state index is 13.5. The number of nitrogens with zero attached hydrogens (tertiary/aromatic N) is 2. The number of rotatable bonds is 14. The Kier molecular flexibility index (Phi) is 14.7. The Hall–Kier alpha value is -2.85. The van der Waals surface area contributed by atoms with Crippen LogP contribution in [0.15, 0.2) is 0 Å². The van der Waals surface area contributed by atoms with Crippen molar-refractivity contribution < 1.29 is 29.1 Å². The minimum absolute atomic E-state index is 0.0182. The molecule has 0 heterocycles. The average molecular weight is 620 g/mol. The van der Waals surface area contributed by atoms with Crippen molar-refractivity contribution >= 4 is 29.7 Å². The predicted octanol–water partition coefficient (Wildman–Crippen LogP) is 4.05. The lowest BCUT2D eigenvalue weighted by molar-refractivity contribution is -0.146. The van der Waals surface area contributed by atoms with E-state index in [9.17, 15) is 29.1 Å². The van der Waals surface area contributed by atoms with Gasteiger partial charge in [0.05, 0.1) is 19.5 Å². The molecule has 2 unspecified atom stereocenters. The van der Waals surface area contributed by atoms with Crippen molar-refractivity contribution in [2.75, 3.05) is 26.2 Å². The maximum absolute atomic E-state index is 13.5. The SMILES string of the molecule is CC(C)CCN(CC(=O)NC1CCC(NC(=O)NC2CCCCC2C)CC1)C(=O)CN(CCC(=O)O)C(=O)C1CCCCC1. The van der Waals surface area contributed by atoms with E-state index in [4.69, 9.17) is 0 Å². The highest BCUT2D eigenvalue weighted by Crippen LogP contribution is 2.26. The number of aliphatic carboxylic acids is 1. The summed E-state index contributed by atoms with van der Waals surface area (Å²) in [5.41, 5.74) is 0. The van der Waals surface area contributed by atoms with E-state index in [1.807, 2.05) is 0 Å². The van der Waals surface area contributed by atoms with Crippen molar-refractivity contribution in [3.63, 3.8) is 0 Å². The molecule has 0 spiro atoms. The van der Waals surface area contributed by atoms with Gasteiger partial charge in [-0.25, -0.2) is 4.79 Å². The van der Waals surface area contributed by atoms with Gasteiger partial charge < -0.3 is 30.9 Å². The molecular formula is C33H57N5O6. The Morgan fingerprint density at radius 2 is 1.34 bits per heavy atom. The normalized spacial score (nSPS) is 24.3. The molecule has 4 N–H and O–H groups in total. The first-order valence-corrected chi connectivity index (χ1v) is 17.2. The van der Waals surface area contributed by atoms with Crippen LogP contribution in [0.3, 0.4) is 0 Å². The van der Waals surface area contributed by atoms with Gasteiger partial charge in [0.15, 0.2) is 0 Å². The van der Waals surface area contributed by atoms with E-state index in [2.05, 4.69) is 36.7 Å². The first kappa shape index (κ1) is 35.6. The molecule has 250 valence electrons. The predicted molar refractivity (Wildman–Crippen MR) is 169 cm³/mol. The van der Waals surface area contributed by atoms with Gasteiger partial charge in [-0.05, 0) is 69.6 Å². The third kappa shape index (κ3) is 12.3. The third-order valence-corrected chi connectivity index (χ3v) is 9.71. The average Bonchev–Trinajstić information content (AvgIpc) is 2.99. The Bertz CT molecular complexity index is 960. The summed E-state index contributed by atoms with van der Waals surface area (Å²) in [7, 11) is 0. The van der Waals surface area contributed by atoms with E-state index in [1.54, 1.807) is 0 Å². The number of amides is 5. The molecule has 0 aliphatic heterocycles. The fourth-order valence-corrected chi connectivity index (χ4v) is 6.83.